The third kappa shape index (κ3) is 0.991. The number of hydrogen-bond acceptors (Lipinski definition) is 2. The fourth-order valence-corrected chi connectivity index (χ4v) is 2.37. The van der Waals surface area contributed by atoms with Crippen LogP contribution in [0.25, 0.3) is 0 Å². The van der Waals surface area contributed by atoms with Crippen molar-refractivity contribution in [3.8, 4) is 0 Å². The molecule has 2 nitrogen and oxygen atoms in total. The molecular formula is C11H8F2O2. The van der Waals surface area contributed by atoms with Gasteiger partial charge >= 0.3 is 5.97 Å². The lowest BCUT2D eigenvalue weighted by Crippen LogP contribution is -2.20. The molecule has 0 N–H and O–H groups in total. The lowest BCUT2D eigenvalue weighted by molar-refractivity contribution is -0.142. The average molecular weight is 210 g/mol. The molecule has 2 aliphatic rings. The van der Waals surface area contributed by atoms with E-state index in [-0.39, 0.29) is 11.5 Å². The summed E-state index contributed by atoms with van der Waals surface area (Å²) < 4.78 is 31.3. The second-order valence-corrected chi connectivity index (χ2v) is 4.10. The SMILES string of the molecule is O=C1OC[C@H]2C[C@@]12c1cc(F)ccc1F. The molecule has 1 saturated heterocycles. The van der Waals surface area contributed by atoms with Gasteiger partial charge in [-0.05, 0) is 24.6 Å². The van der Waals surface area contributed by atoms with Gasteiger partial charge in [0.1, 0.15) is 17.0 Å². The van der Waals surface area contributed by atoms with Crippen molar-refractivity contribution in [3.05, 3.63) is 35.4 Å². The van der Waals surface area contributed by atoms with Gasteiger partial charge in [-0.15, -0.1) is 0 Å². The molecule has 0 amide bonds. The van der Waals surface area contributed by atoms with Gasteiger partial charge in [0, 0.05) is 11.5 Å². The number of rotatable bonds is 1. The maximum atomic E-state index is 13.5. The quantitative estimate of drug-likeness (QED) is 0.660. The Morgan fingerprint density at radius 3 is 2.80 bits per heavy atom. The van der Waals surface area contributed by atoms with E-state index in [1.807, 2.05) is 0 Å². The van der Waals surface area contributed by atoms with Crippen LogP contribution >= 0.6 is 0 Å². The minimum absolute atomic E-state index is 0.0290. The molecule has 1 saturated carbocycles. The highest BCUT2D eigenvalue weighted by atomic mass is 19.1. The van der Waals surface area contributed by atoms with Gasteiger partial charge < -0.3 is 4.74 Å². The number of ether oxygens (including phenoxy) is 1. The number of carbonyl (C=O) groups is 1. The maximum absolute atomic E-state index is 13.5. The fourth-order valence-electron chi connectivity index (χ4n) is 2.37. The van der Waals surface area contributed by atoms with Crippen LogP contribution in [0.15, 0.2) is 18.2 Å². The molecule has 78 valence electrons. The lowest BCUT2D eigenvalue weighted by atomic mass is 9.94. The molecule has 2 fully saturated rings. The monoisotopic (exact) mass is 210 g/mol. The van der Waals surface area contributed by atoms with Crippen LogP contribution in [-0.4, -0.2) is 12.6 Å². The molecule has 0 radical (unpaired) electrons. The number of carbonyl (C=O) groups excluding carboxylic acids is 1. The second kappa shape index (κ2) is 2.56. The zero-order valence-electron chi connectivity index (χ0n) is 7.80. The number of hydrogen-bond donors (Lipinski definition) is 0. The molecule has 1 heterocycles. The Morgan fingerprint density at radius 2 is 2.20 bits per heavy atom. The van der Waals surface area contributed by atoms with Crippen molar-refractivity contribution < 1.29 is 18.3 Å². The molecular weight excluding hydrogens is 202 g/mol. The summed E-state index contributed by atoms with van der Waals surface area (Å²) in [5, 5.41) is 0. The molecule has 1 aromatic rings. The number of benzene rings is 1. The number of fused-ring (bicyclic) bond motifs is 1. The molecule has 0 bridgehead atoms. The van der Waals surface area contributed by atoms with Crippen molar-refractivity contribution in [1.29, 1.82) is 0 Å². The predicted molar refractivity (Wildman–Crippen MR) is 47.1 cm³/mol. The molecule has 4 heteroatoms. The largest absolute Gasteiger partial charge is 0.465 e. The van der Waals surface area contributed by atoms with E-state index in [2.05, 4.69) is 0 Å². The van der Waals surface area contributed by atoms with E-state index in [9.17, 15) is 13.6 Å². The van der Waals surface area contributed by atoms with Crippen molar-refractivity contribution in [3.63, 3.8) is 0 Å². The summed E-state index contributed by atoms with van der Waals surface area (Å²) in [5.74, 6) is -1.44. The van der Waals surface area contributed by atoms with E-state index in [0.29, 0.717) is 13.0 Å². The Labute approximate surface area is 84.9 Å². The number of halogens is 2. The minimum atomic E-state index is -0.883. The summed E-state index contributed by atoms with van der Waals surface area (Å²) in [6.45, 7) is 0.328. The Hall–Kier alpha value is -1.45. The van der Waals surface area contributed by atoms with Gasteiger partial charge in [-0.2, -0.15) is 0 Å². The van der Waals surface area contributed by atoms with Gasteiger partial charge in [0.15, 0.2) is 0 Å². The van der Waals surface area contributed by atoms with E-state index < -0.39 is 23.0 Å². The van der Waals surface area contributed by atoms with Crippen molar-refractivity contribution in [2.24, 2.45) is 5.92 Å². The van der Waals surface area contributed by atoms with E-state index in [4.69, 9.17) is 4.74 Å². The minimum Gasteiger partial charge on any atom is -0.465 e. The van der Waals surface area contributed by atoms with E-state index in [0.717, 1.165) is 18.2 Å². The zero-order chi connectivity index (χ0) is 10.6. The molecule has 0 aromatic heterocycles. The highest BCUT2D eigenvalue weighted by Gasteiger charge is 2.67. The second-order valence-electron chi connectivity index (χ2n) is 4.10. The van der Waals surface area contributed by atoms with Gasteiger partial charge in [0.25, 0.3) is 0 Å². The number of cyclic esters (lactones) is 1. The Kier molecular flexibility index (Phi) is 1.51. The van der Waals surface area contributed by atoms with Crippen LogP contribution in [0.4, 0.5) is 8.78 Å². The van der Waals surface area contributed by atoms with Gasteiger partial charge in [-0.1, -0.05) is 0 Å². The summed E-state index contributed by atoms with van der Waals surface area (Å²) in [6.07, 6.45) is 0.576. The Bertz CT molecular complexity index is 458. The molecule has 2 atom stereocenters. The highest BCUT2D eigenvalue weighted by Crippen LogP contribution is 2.59. The van der Waals surface area contributed by atoms with E-state index in [1.165, 1.54) is 0 Å². The van der Waals surface area contributed by atoms with Crippen LogP contribution < -0.4 is 0 Å². The van der Waals surface area contributed by atoms with Crippen molar-refractivity contribution in [2.45, 2.75) is 11.8 Å². The molecule has 1 aliphatic carbocycles. The number of esters is 1. The molecule has 1 aromatic carbocycles. The lowest BCUT2D eigenvalue weighted by Gasteiger charge is -2.10. The van der Waals surface area contributed by atoms with Crippen LogP contribution in [0.5, 0.6) is 0 Å². The molecule has 3 rings (SSSR count). The van der Waals surface area contributed by atoms with Gasteiger partial charge in [0.2, 0.25) is 0 Å². The highest BCUT2D eigenvalue weighted by molar-refractivity contribution is 5.89. The van der Waals surface area contributed by atoms with Crippen molar-refractivity contribution >= 4 is 5.97 Å². The maximum Gasteiger partial charge on any atom is 0.317 e. The third-order valence-electron chi connectivity index (χ3n) is 3.29. The standard InChI is InChI=1S/C11H8F2O2/c12-7-1-2-9(13)8(3-7)11-4-6(11)5-15-10(11)14/h1-3,6H,4-5H2/t6-,11-/m1/s1. The average Bonchev–Trinajstić information content (AvgIpc) is 2.87. The summed E-state index contributed by atoms with van der Waals surface area (Å²) >= 11 is 0. The van der Waals surface area contributed by atoms with Crippen LogP contribution in [0.2, 0.25) is 0 Å². The van der Waals surface area contributed by atoms with Gasteiger partial charge in [-0.25, -0.2) is 8.78 Å². The zero-order valence-corrected chi connectivity index (χ0v) is 7.80. The fraction of sp³-hybridized carbons (Fsp3) is 0.364. The molecule has 0 unspecified atom stereocenters. The normalized spacial score (nSPS) is 32.4. The summed E-state index contributed by atoms with van der Waals surface area (Å²) in [6, 6.07) is 3.20. The third-order valence-corrected chi connectivity index (χ3v) is 3.29. The van der Waals surface area contributed by atoms with E-state index >= 15 is 0 Å². The predicted octanol–water partition coefficient (Wildman–Crippen LogP) is 1.78. The van der Waals surface area contributed by atoms with Crippen LogP contribution in [0.1, 0.15) is 12.0 Å². The first-order chi connectivity index (χ1) is 7.14. The van der Waals surface area contributed by atoms with Crippen molar-refractivity contribution in [2.75, 3.05) is 6.61 Å². The Morgan fingerprint density at radius 1 is 1.40 bits per heavy atom. The summed E-state index contributed by atoms with van der Waals surface area (Å²) in [7, 11) is 0. The Balaban J connectivity index is 2.14. The van der Waals surface area contributed by atoms with Crippen LogP contribution in [0, 0.1) is 17.6 Å². The first kappa shape index (κ1) is 8.83. The summed E-state index contributed by atoms with van der Waals surface area (Å²) in [4.78, 5) is 11.5. The molecule has 15 heavy (non-hydrogen) atoms. The van der Waals surface area contributed by atoms with Crippen LogP contribution in [-0.2, 0) is 14.9 Å². The first-order valence-electron chi connectivity index (χ1n) is 4.77. The smallest absolute Gasteiger partial charge is 0.317 e. The van der Waals surface area contributed by atoms with Gasteiger partial charge in [0.05, 0.1) is 6.61 Å². The molecule has 0 spiro atoms. The summed E-state index contributed by atoms with van der Waals surface area (Å²) in [5.41, 5.74) is -0.735. The van der Waals surface area contributed by atoms with Crippen LogP contribution in [0.3, 0.4) is 0 Å². The molecule has 1 aliphatic heterocycles. The van der Waals surface area contributed by atoms with Gasteiger partial charge in [-0.3, -0.25) is 4.79 Å². The first-order valence-corrected chi connectivity index (χ1v) is 4.77. The topological polar surface area (TPSA) is 26.3 Å². The van der Waals surface area contributed by atoms with E-state index in [1.54, 1.807) is 0 Å². The van der Waals surface area contributed by atoms with Crippen molar-refractivity contribution in [1.82, 2.24) is 0 Å².